The van der Waals surface area contributed by atoms with Crippen molar-refractivity contribution in [2.24, 2.45) is 0 Å². The van der Waals surface area contributed by atoms with Crippen LogP contribution in [0.2, 0.25) is 0 Å². The molecule has 2 aromatic heterocycles. The van der Waals surface area contributed by atoms with Crippen molar-refractivity contribution < 1.29 is 9.13 Å². The Bertz CT molecular complexity index is 1000. The Balaban J connectivity index is 1.82. The summed E-state index contributed by atoms with van der Waals surface area (Å²) in [5, 5.41) is 0. The van der Waals surface area contributed by atoms with Crippen molar-refractivity contribution in [2.75, 3.05) is 13.2 Å². The summed E-state index contributed by atoms with van der Waals surface area (Å²) in [5.74, 6) is 0.559. The van der Waals surface area contributed by atoms with Gasteiger partial charge < -0.3 is 9.30 Å². The molecule has 0 saturated carbocycles. The summed E-state index contributed by atoms with van der Waals surface area (Å²) < 4.78 is 22.5. The number of ether oxygens (including phenoxy) is 1. The van der Waals surface area contributed by atoms with Crippen LogP contribution in [0.25, 0.3) is 5.52 Å². The van der Waals surface area contributed by atoms with E-state index in [1.807, 2.05) is 23.6 Å². The lowest BCUT2D eigenvalue weighted by Crippen LogP contribution is -2.28. The van der Waals surface area contributed by atoms with Crippen LogP contribution in [0.4, 0.5) is 4.39 Å². The number of nitrogens with zero attached hydrogens (tertiary/aromatic N) is 3. The standard InChI is InChI=1S/C19H20FN3O2/c1-13-10-23-16(9-21-18(23)19(2)6-7-25-12-19)17(24)22(13)11-14-4-3-5-15(20)8-14/h3-5,8-10H,6-7,11-12H2,1-2H3/t19-/m0/s1. The van der Waals surface area contributed by atoms with Gasteiger partial charge in [-0.25, -0.2) is 9.37 Å². The SMILES string of the molecule is Cc1cn2c([C@@]3(C)CCOC3)ncc2c(=O)n1Cc1cccc(F)c1. The number of aryl methyl sites for hydroxylation is 1. The fourth-order valence-electron chi connectivity index (χ4n) is 3.51. The highest BCUT2D eigenvalue weighted by atomic mass is 19.1. The van der Waals surface area contributed by atoms with Gasteiger partial charge in [0.1, 0.15) is 17.2 Å². The highest BCUT2D eigenvalue weighted by Gasteiger charge is 2.35. The van der Waals surface area contributed by atoms with Crippen LogP contribution in [0.1, 0.15) is 30.4 Å². The Labute approximate surface area is 144 Å². The second-order valence-electron chi connectivity index (χ2n) is 6.99. The summed E-state index contributed by atoms with van der Waals surface area (Å²) in [6.45, 7) is 5.65. The van der Waals surface area contributed by atoms with Gasteiger partial charge in [-0.05, 0) is 31.0 Å². The van der Waals surface area contributed by atoms with Gasteiger partial charge in [0.15, 0.2) is 0 Å². The summed E-state index contributed by atoms with van der Waals surface area (Å²) >= 11 is 0. The van der Waals surface area contributed by atoms with E-state index in [1.165, 1.54) is 12.1 Å². The van der Waals surface area contributed by atoms with E-state index in [2.05, 4.69) is 11.9 Å². The Morgan fingerprint density at radius 2 is 2.24 bits per heavy atom. The Kier molecular flexibility index (Phi) is 3.72. The predicted octanol–water partition coefficient (Wildman–Crippen LogP) is 2.67. The molecule has 1 aromatic carbocycles. The van der Waals surface area contributed by atoms with Crippen LogP contribution in [-0.2, 0) is 16.7 Å². The first-order valence-corrected chi connectivity index (χ1v) is 8.38. The lowest BCUT2D eigenvalue weighted by molar-refractivity contribution is 0.179. The van der Waals surface area contributed by atoms with E-state index < -0.39 is 0 Å². The molecule has 5 nitrogen and oxygen atoms in total. The average Bonchev–Trinajstić information content (AvgIpc) is 3.19. The zero-order valence-electron chi connectivity index (χ0n) is 14.3. The van der Waals surface area contributed by atoms with Gasteiger partial charge in [-0.2, -0.15) is 0 Å². The molecule has 3 aromatic rings. The molecular formula is C19H20FN3O2. The maximum Gasteiger partial charge on any atom is 0.276 e. The van der Waals surface area contributed by atoms with Gasteiger partial charge in [0, 0.05) is 18.5 Å². The Morgan fingerprint density at radius 3 is 2.96 bits per heavy atom. The molecule has 6 heteroatoms. The smallest absolute Gasteiger partial charge is 0.276 e. The third-order valence-electron chi connectivity index (χ3n) is 4.99. The highest BCUT2D eigenvalue weighted by molar-refractivity contribution is 5.46. The molecule has 0 unspecified atom stereocenters. The molecule has 0 bridgehead atoms. The fraction of sp³-hybridized carbons (Fsp3) is 0.368. The predicted molar refractivity (Wildman–Crippen MR) is 92.5 cm³/mol. The van der Waals surface area contributed by atoms with Crippen molar-refractivity contribution in [1.82, 2.24) is 14.0 Å². The largest absolute Gasteiger partial charge is 0.380 e. The first-order chi connectivity index (χ1) is 12.0. The highest BCUT2D eigenvalue weighted by Crippen LogP contribution is 2.31. The van der Waals surface area contributed by atoms with Crippen LogP contribution in [0, 0.1) is 12.7 Å². The summed E-state index contributed by atoms with van der Waals surface area (Å²) in [5.41, 5.74) is 1.80. The monoisotopic (exact) mass is 341 g/mol. The number of aromatic nitrogens is 3. The molecule has 4 rings (SSSR count). The average molecular weight is 341 g/mol. The number of hydrogen-bond donors (Lipinski definition) is 0. The quantitative estimate of drug-likeness (QED) is 0.736. The van der Waals surface area contributed by atoms with Gasteiger partial charge in [0.25, 0.3) is 5.56 Å². The molecule has 3 heterocycles. The van der Waals surface area contributed by atoms with E-state index >= 15 is 0 Å². The first kappa shape index (κ1) is 16.0. The Morgan fingerprint density at radius 1 is 1.40 bits per heavy atom. The van der Waals surface area contributed by atoms with Crippen molar-refractivity contribution in [3.63, 3.8) is 0 Å². The third-order valence-corrected chi connectivity index (χ3v) is 4.99. The number of imidazole rings is 1. The molecule has 0 aliphatic carbocycles. The van der Waals surface area contributed by atoms with Gasteiger partial charge >= 0.3 is 0 Å². The first-order valence-electron chi connectivity index (χ1n) is 8.38. The van der Waals surface area contributed by atoms with Crippen molar-refractivity contribution in [3.05, 3.63) is 69.9 Å². The lowest BCUT2D eigenvalue weighted by Gasteiger charge is -2.21. The Hall–Kier alpha value is -2.47. The van der Waals surface area contributed by atoms with Crippen LogP contribution in [0.3, 0.4) is 0 Å². The number of halogens is 1. The molecule has 25 heavy (non-hydrogen) atoms. The van der Waals surface area contributed by atoms with Gasteiger partial charge in [-0.1, -0.05) is 19.1 Å². The van der Waals surface area contributed by atoms with E-state index in [0.717, 1.165) is 23.5 Å². The lowest BCUT2D eigenvalue weighted by atomic mass is 9.89. The van der Waals surface area contributed by atoms with Crippen molar-refractivity contribution in [1.29, 1.82) is 0 Å². The maximum atomic E-state index is 13.4. The maximum absolute atomic E-state index is 13.4. The van der Waals surface area contributed by atoms with Crippen LogP contribution in [-0.4, -0.2) is 27.2 Å². The van der Waals surface area contributed by atoms with Gasteiger partial charge in [0.05, 0.1) is 24.8 Å². The second-order valence-corrected chi connectivity index (χ2v) is 6.99. The summed E-state index contributed by atoms with van der Waals surface area (Å²) in [6.07, 6.45) is 4.45. The molecule has 0 amide bonds. The van der Waals surface area contributed by atoms with Crippen LogP contribution < -0.4 is 5.56 Å². The molecule has 1 aliphatic rings. The molecular weight excluding hydrogens is 321 g/mol. The normalized spacial score (nSPS) is 20.4. The summed E-state index contributed by atoms with van der Waals surface area (Å²) in [7, 11) is 0. The minimum Gasteiger partial charge on any atom is -0.380 e. The van der Waals surface area contributed by atoms with E-state index in [4.69, 9.17) is 4.74 Å². The minimum absolute atomic E-state index is 0.120. The molecule has 1 atom stereocenters. The zero-order chi connectivity index (χ0) is 17.6. The molecule has 1 fully saturated rings. The van der Waals surface area contributed by atoms with E-state index in [9.17, 15) is 9.18 Å². The number of benzene rings is 1. The van der Waals surface area contributed by atoms with Crippen LogP contribution in [0.5, 0.6) is 0 Å². The van der Waals surface area contributed by atoms with Crippen LogP contribution in [0.15, 0.2) is 41.5 Å². The van der Waals surface area contributed by atoms with E-state index in [0.29, 0.717) is 25.3 Å². The van der Waals surface area contributed by atoms with E-state index in [1.54, 1.807) is 16.8 Å². The zero-order valence-corrected chi connectivity index (χ0v) is 14.3. The van der Waals surface area contributed by atoms with Gasteiger partial charge in [0.2, 0.25) is 0 Å². The topological polar surface area (TPSA) is 48.5 Å². The molecule has 0 radical (unpaired) electrons. The molecule has 130 valence electrons. The second kappa shape index (κ2) is 5.81. The van der Waals surface area contributed by atoms with Crippen molar-refractivity contribution in [3.8, 4) is 0 Å². The third kappa shape index (κ3) is 2.66. The van der Waals surface area contributed by atoms with Gasteiger partial charge in [-0.15, -0.1) is 0 Å². The van der Waals surface area contributed by atoms with Crippen molar-refractivity contribution >= 4 is 5.52 Å². The van der Waals surface area contributed by atoms with Crippen LogP contribution >= 0.6 is 0 Å². The van der Waals surface area contributed by atoms with E-state index in [-0.39, 0.29) is 16.8 Å². The number of hydrogen-bond acceptors (Lipinski definition) is 3. The fourth-order valence-corrected chi connectivity index (χ4v) is 3.51. The number of fused-ring (bicyclic) bond motifs is 1. The van der Waals surface area contributed by atoms with Crippen molar-refractivity contribution in [2.45, 2.75) is 32.2 Å². The summed E-state index contributed by atoms with van der Waals surface area (Å²) in [4.78, 5) is 17.5. The molecule has 0 spiro atoms. The van der Waals surface area contributed by atoms with Gasteiger partial charge in [-0.3, -0.25) is 9.20 Å². The summed E-state index contributed by atoms with van der Waals surface area (Å²) in [6, 6.07) is 6.32. The number of rotatable bonds is 3. The molecule has 1 saturated heterocycles. The molecule has 0 N–H and O–H groups in total. The minimum atomic E-state index is -0.301. The molecule has 1 aliphatic heterocycles.